The fourth-order valence-corrected chi connectivity index (χ4v) is 3.84. The zero-order valence-electron chi connectivity index (χ0n) is 12.6. The molecule has 116 valence electrons. The van der Waals surface area contributed by atoms with Gasteiger partial charge in [-0.2, -0.15) is 4.31 Å². The van der Waals surface area contributed by atoms with Crippen LogP contribution in [0.2, 0.25) is 0 Å². The highest BCUT2D eigenvalue weighted by atomic mass is 32.2. The fraction of sp³-hybridized carbons (Fsp3) is 0.467. The molecule has 0 atom stereocenters. The summed E-state index contributed by atoms with van der Waals surface area (Å²) in [5.41, 5.74) is 6.92. The molecule has 1 heterocycles. The topological polar surface area (TPSA) is 63.4 Å². The second kappa shape index (κ2) is 5.42. The van der Waals surface area contributed by atoms with Crippen molar-refractivity contribution in [2.24, 2.45) is 5.41 Å². The van der Waals surface area contributed by atoms with Gasteiger partial charge >= 0.3 is 0 Å². The summed E-state index contributed by atoms with van der Waals surface area (Å²) in [5, 5.41) is 0. The van der Waals surface area contributed by atoms with E-state index in [0.717, 1.165) is 6.07 Å². The molecular formula is C15H21FN2O2S. The molecule has 1 aromatic rings. The molecule has 0 aromatic heterocycles. The summed E-state index contributed by atoms with van der Waals surface area (Å²) in [7, 11) is -3.82. The lowest BCUT2D eigenvalue weighted by molar-refractivity contribution is 0.387. The van der Waals surface area contributed by atoms with Gasteiger partial charge in [-0.1, -0.05) is 32.4 Å². The maximum atomic E-state index is 13.9. The van der Waals surface area contributed by atoms with Gasteiger partial charge in [-0.15, -0.1) is 0 Å². The third kappa shape index (κ3) is 3.27. The van der Waals surface area contributed by atoms with Crippen molar-refractivity contribution in [1.82, 2.24) is 4.31 Å². The van der Waals surface area contributed by atoms with Crippen LogP contribution in [-0.4, -0.2) is 25.8 Å². The van der Waals surface area contributed by atoms with Crippen molar-refractivity contribution in [3.05, 3.63) is 35.7 Å². The van der Waals surface area contributed by atoms with Crippen molar-refractivity contribution in [3.8, 4) is 0 Å². The van der Waals surface area contributed by atoms with E-state index in [0.29, 0.717) is 13.0 Å². The van der Waals surface area contributed by atoms with Crippen molar-refractivity contribution in [3.63, 3.8) is 0 Å². The molecule has 6 heteroatoms. The van der Waals surface area contributed by atoms with Gasteiger partial charge in [0, 0.05) is 18.8 Å². The molecular weight excluding hydrogens is 291 g/mol. The van der Waals surface area contributed by atoms with Crippen LogP contribution in [0.1, 0.15) is 27.2 Å². The van der Waals surface area contributed by atoms with Crippen molar-refractivity contribution in [2.75, 3.05) is 18.8 Å². The van der Waals surface area contributed by atoms with Crippen molar-refractivity contribution in [1.29, 1.82) is 0 Å². The van der Waals surface area contributed by atoms with Gasteiger partial charge in [0.15, 0.2) is 0 Å². The summed E-state index contributed by atoms with van der Waals surface area (Å²) in [6.45, 7) is 6.95. The van der Waals surface area contributed by atoms with E-state index < -0.39 is 15.8 Å². The average molecular weight is 312 g/mol. The number of anilines is 1. The molecule has 0 unspecified atom stereocenters. The van der Waals surface area contributed by atoms with Gasteiger partial charge in [0.2, 0.25) is 10.0 Å². The predicted octanol–water partition coefficient (Wildman–Crippen LogP) is 2.77. The van der Waals surface area contributed by atoms with Crippen molar-refractivity contribution >= 4 is 15.7 Å². The Balaban J connectivity index is 2.29. The number of sulfonamides is 1. The molecule has 0 bridgehead atoms. The van der Waals surface area contributed by atoms with Crippen LogP contribution in [0.4, 0.5) is 10.1 Å². The molecule has 0 aliphatic carbocycles. The molecule has 1 aromatic carbocycles. The van der Waals surface area contributed by atoms with E-state index in [-0.39, 0.29) is 22.5 Å². The maximum absolute atomic E-state index is 13.9. The summed E-state index contributed by atoms with van der Waals surface area (Å²) in [4.78, 5) is -0.315. The normalized spacial score (nSPS) is 17.6. The largest absolute Gasteiger partial charge is 0.399 e. The Bertz CT molecular complexity index is 675. The summed E-state index contributed by atoms with van der Waals surface area (Å²) in [6, 6.07) is 3.66. The number of rotatable bonds is 2. The van der Waals surface area contributed by atoms with Gasteiger partial charge in [0.1, 0.15) is 10.7 Å². The molecule has 0 spiro atoms. The molecule has 21 heavy (non-hydrogen) atoms. The monoisotopic (exact) mass is 312 g/mol. The highest BCUT2D eigenvalue weighted by Gasteiger charge is 2.30. The fourth-order valence-electron chi connectivity index (χ4n) is 2.42. The van der Waals surface area contributed by atoms with Gasteiger partial charge in [0.25, 0.3) is 0 Å². The molecule has 2 N–H and O–H groups in total. The second-order valence-corrected chi connectivity index (χ2v) is 8.19. The zero-order chi connectivity index (χ0) is 15.8. The predicted molar refractivity (Wildman–Crippen MR) is 81.7 cm³/mol. The molecule has 0 saturated heterocycles. The Morgan fingerprint density at radius 3 is 2.43 bits per heavy atom. The molecule has 0 saturated carbocycles. The molecule has 0 fully saturated rings. The number of halogens is 1. The molecule has 4 nitrogen and oxygen atoms in total. The van der Waals surface area contributed by atoms with E-state index in [1.165, 1.54) is 22.0 Å². The Morgan fingerprint density at radius 2 is 1.95 bits per heavy atom. The quantitative estimate of drug-likeness (QED) is 0.674. The minimum Gasteiger partial charge on any atom is -0.399 e. The van der Waals surface area contributed by atoms with Crippen molar-refractivity contribution < 1.29 is 12.8 Å². The first-order valence-electron chi connectivity index (χ1n) is 6.87. The number of nitrogens with two attached hydrogens (primary N) is 1. The van der Waals surface area contributed by atoms with Crippen LogP contribution in [0.5, 0.6) is 0 Å². The molecule has 2 rings (SSSR count). The maximum Gasteiger partial charge on any atom is 0.246 e. The highest BCUT2D eigenvalue weighted by Crippen LogP contribution is 2.32. The van der Waals surface area contributed by atoms with E-state index in [1.807, 2.05) is 6.08 Å². The summed E-state index contributed by atoms with van der Waals surface area (Å²) < 4.78 is 40.2. The number of nitrogen functional groups attached to an aromatic ring is 1. The standard InChI is InChI=1S/C15H21FN2O2S/c1-15(2,3)11-6-8-18(9-7-11)21(19,20)14-5-4-12(17)10-13(14)16/h4-6,10H,7-9,17H2,1-3H3. The Hall–Kier alpha value is -1.40. The van der Waals surface area contributed by atoms with E-state index in [1.54, 1.807) is 0 Å². The third-order valence-corrected chi connectivity index (χ3v) is 5.61. The smallest absolute Gasteiger partial charge is 0.246 e. The number of nitrogens with zero attached hydrogens (tertiary/aromatic N) is 1. The van der Waals surface area contributed by atoms with Gasteiger partial charge in [0.05, 0.1) is 0 Å². The lowest BCUT2D eigenvalue weighted by atomic mass is 9.83. The summed E-state index contributed by atoms with van der Waals surface area (Å²) in [6.07, 6.45) is 2.59. The third-order valence-electron chi connectivity index (χ3n) is 3.71. The number of hydrogen-bond acceptors (Lipinski definition) is 3. The second-order valence-electron chi connectivity index (χ2n) is 6.28. The lowest BCUT2D eigenvalue weighted by Gasteiger charge is -2.31. The Kier molecular flexibility index (Phi) is 4.13. The SMILES string of the molecule is CC(C)(C)C1=CCN(S(=O)(=O)c2ccc(N)cc2F)CC1. The first kappa shape index (κ1) is 16.0. The van der Waals surface area contributed by atoms with E-state index in [2.05, 4.69) is 20.8 Å². The van der Waals surface area contributed by atoms with E-state index in [9.17, 15) is 12.8 Å². The first-order chi connectivity index (χ1) is 9.62. The molecule has 0 amide bonds. The summed E-state index contributed by atoms with van der Waals surface area (Å²) in [5.74, 6) is -0.805. The molecule has 1 aliphatic heterocycles. The van der Waals surface area contributed by atoms with Gasteiger partial charge in [-0.25, -0.2) is 12.8 Å². The summed E-state index contributed by atoms with van der Waals surface area (Å²) >= 11 is 0. The van der Waals surface area contributed by atoms with Gasteiger partial charge in [-0.05, 0) is 30.0 Å². The first-order valence-corrected chi connectivity index (χ1v) is 8.31. The van der Waals surface area contributed by atoms with E-state index in [4.69, 9.17) is 5.73 Å². The highest BCUT2D eigenvalue weighted by molar-refractivity contribution is 7.89. The van der Waals surface area contributed by atoms with E-state index >= 15 is 0 Å². The minimum absolute atomic E-state index is 0.0301. The number of hydrogen-bond donors (Lipinski definition) is 1. The molecule has 1 aliphatic rings. The van der Waals surface area contributed by atoms with Crippen LogP contribution in [0, 0.1) is 11.2 Å². The van der Waals surface area contributed by atoms with Crippen LogP contribution in [-0.2, 0) is 10.0 Å². The Morgan fingerprint density at radius 1 is 1.29 bits per heavy atom. The minimum atomic E-state index is -3.82. The van der Waals surface area contributed by atoms with Crippen LogP contribution >= 0.6 is 0 Å². The van der Waals surface area contributed by atoms with Crippen LogP contribution in [0.15, 0.2) is 34.7 Å². The lowest BCUT2D eigenvalue weighted by Crippen LogP contribution is -2.36. The van der Waals surface area contributed by atoms with Gasteiger partial charge < -0.3 is 5.73 Å². The zero-order valence-corrected chi connectivity index (χ0v) is 13.4. The van der Waals surface area contributed by atoms with Gasteiger partial charge in [-0.3, -0.25) is 0 Å². The Labute approximate surface area is 125 Å². The van der Waals surface area contributed by atoms with Crippen LogP contribution in [0.3, 0.4) is 0 Å². The van der Waals surface area contributed by atoms with Crippen LogP contribution in [0.25, 0.3) is 0 Å². The number of benzene rings is 1. The average Bonchev–Trinajstić information content (AvgIpc) is 2.37. The van der Waals surface area contributed by atoms with Crippen LogP contribution < -0.4 is 5.73 Å². The van der Waals surface area contributed by atoms with Crippen molar-refractivity contribution in [2.45, 2.75) is 32.1 Å². The molecule has 0 radical (unpaired) electrons.